The zero-order chi connectivity index (χ0) is 32.4. The highest BCUT2D eigenvalue weighted by Crippen LogP contribution is 2.45. The Morgan fingerprint density at radius 3 is 2.40 bits per heavy atom. The summed E-state index contributed by atoms with van der Waals surface area (Å²) in [6, 6.07) is 37.4. The van der Waals surface area contributed by atoms with Gasteiger partial charge < -0.3 is 9.32 Å². The average molecular weight is 653 g/mol. The van der Waals surface area contributed by atoms with Crippen LogP contribution in [0.2, 0.25) is 0 Å². The molecule has 9 rings (SSSR count). The molecule has 0 saturated carbocycles. The van der Waals surface area contributed by atoms with Gasteiger partial charge in [0.15, 0.2) is 6.54 Å². The molecule has 4 aliphatic heterocycles. The van der Waals surface area contributed by atoms with E-state index in [0.717, 1.165) is 77.7 Å². The summed E-state index contributed by atoms with van der Waals surface area (Å²) in [5, 5.41) is 1.96. The molecule has 0 radical (unpaired) electrons. The first-order valence-electron chi connectivity index (χ1n) is 17.1. The van der Waals surface area contributed by atoms with E-state index < -0.39 is 10.0 Å². The van der Waals surface area contributed by atoms with E-state index in [1.807, 2.05) is 18.2 Å². The van der Waals surface area contributed by atoms with E-state index in [9.17, 15) is 8.42 Å². The summed E-state index contributed by atoms with van der Waals surface area (Å²) in [4.78, 5) is 2.70. The van der Waals surface area contributed by atoms with Crippen LogP contribution in [0.3, 0.4) is 0 Å². The number of anilines is 2. The SMILES string of the molecule is CC1CCN(S(=O)(=O)c2ccccc2-c2c3ccc(=[N+]4CCc5ccccc54)cc-3oc3cc(N4CCc5ccccc54)ccc23)CC1. The fourth-order valence-corrected chi connectivity index (χ4v) is 9.64. The van der Waals surface area contributed by atoms with Crippen LogP contribution in [0.4, 0.5) is 17.1 Å². The molecule has 1 saturated heterocycles. The molecular weight excluding hydrogens is 615 g/mol. The van der Waals surface area contributed by atoms with E-state index >= 15 is 0 Å². The van der Waals surface area contributed by atoms with Gasteiger partial charge in [0, 0.05) is 83.3 Å². The van der Waals surface area contributed by atoms with Gasteiger partial charge >= 0.3 is 0 Å². The lowest BCUT2D eigenvalue weighted by Gasteiger charge is -2.30. The molecule has 4 heterocycles. The van der Waals surface area contributed by atoms with Crippen LogP contribution < -0.4 is 14.8 Å². The van der Waals surface area contributed by atoms with Crippen LogP contribution >= 0.6 is 0 Å². The van der Waals surface area contributed by atoms with Crippen LogP contribution in [0.25, 0.3) is 33.4 Å². The molecule has 0 spiro atoms. The average Bonchev–Trinajstić information content (AvgIpc) is 3.75. The maximum absolute atomic E-state index is 14.3. The highest BCUT2D eigenvalue weighted by Gasteiger charge is 2.32. The van der Waals surface area contributed by atoms with Gasteiger partial charge in [-0.2, -0.15) is 8.88 Å². The molecule has 4 aromatic rings. The zero-order valence-corrected chi connectivity index (χ0v) is 27.9. The first-order valence-corrected chi connectivity index (χ1v) is 18.5. The number of hydrogen-bond donors (Lipinski definition) is 0. The Morgan fingerprint density at radius 1 is 0.750 bits per heavy atom. The number of nitrogens with zero attached hydrogens (tertiary/aromatic N) is 3. The minimum atomic E-state index is -3.72. The van der Waals surface area contributed by atoms with Crippen molar-refractivity contribution < 1.29 is 12.8 Å². The molecular formula is C41H38N3O3S+. The smallest absolute Gasteiger partial charge is 0.243 e. The van der Waals surface area contributed by atoms with Crippen LogP contribution in [0.5, 0.6) is 0 Å². The van der Waals surface area contributed by atoms with E-state index in [1.165, 1.54) is 22.5 Å². The quantitative estimate of drug-likeness (QED) is 0.143. The van der Waals surface area contributed by atoms with Crippen molar-refractivity contribution >= 4 is 38.1 Å². The summed E-state index contributed by atoms with van der Waals surface area (Å²) in [6.07, 6.45) is 3.75. The molecule has 4 aromatic carbocycles. The fraction of sp³-hybridized carbons (Fsp3) is 0.244. The molecule has 0 aromatic heterocycles. The number of benzene rings is 5. The van der Waals surface area contributed by atoms with Crippen molar-refractivity contribution in [3.63, 3.8) is 0 Å². The van der Waals surface area contributed by atoms with Crippen LogP contribution in [-0.4, -0.2) is 38.9 Å². The Balaban J connectivity index is 1.28. The number of rotatable bonds is 4. The van der Waals surface area contributed by atoms with Crippen molar-refractivity contribution in [3.8, 4) is 22.5 Å². The first-order chi connectivity index (χ1) is 23.5. The number of sulfonamides is 1. The maximum Gasteiger partial charge on any atom is 0.243 e. The van der Waals surface area contributed by atoms with Crippen molar-refractivity contribution in [1.29, 1.82) is 0 Å². The predicted molar refractivity (Wildman–Crippen MR) is 193 cm³/mol. The van der Waals surface area contributed by atoms with E-state index in [4.69, 9.17) is 4.42 Å². The molecule has 1 aliphatic carbocycles. The molecule has 0 N–H and O–H groups in total. The highest BCUT2D eigenvalue weighted by atomic mass is 32.2. The first kappa shape index (κ1) is 29.4. The summed E-state index contributed by atoms with van der Waals surface area (Å²) in [7, 11) is -3.72. The molecule has 0 atom stereocenters. The Morgan fingerprint density at radius 2 is 1.52 bits per heavy atom. The maximum atomic E-state index is 14.3. The van der Waals surface area contributed by atoms with Gasteiger partial charge in [0.2, 0.25) is 21.1 Å². The molecule has 0 bridgehead atoms. The summed E-state index contributed by atoms with van der Waals surface area (Å²) >= 11 is 0. The molecule has 5 aliphatic rings. The zero-order valence-electron chi connectivity index (χ0n) is 27.1. The normalized spacial score (nSPS) is 18.1. The van der Waals surface area contributed by atoms with Gasteiger partial charge in [-0.1, -0.05) is 61.5 Å². The van der Waals surface area contributed by atoms with Gasteiger partial charge in [0.1, 0.15) is 11.3 Å². The standard InChI is InChI=1S/C41H38N3O3S/c1-28-18-22-42(23-19-28)48(45,46)40-13-7-4-10-35(40)41-33-16-14-31(43-24-20-29-8-2-5-11-36(29)43)26-38(33)47-39-27-32(15-17-34(39)41)44-25-21-30-9-3-6-12-37(30)44/h2-17,26-28H,18-25H2,1H3/q+1. The molecule has 240 valence electrons. The lowest BCUT2D eigenvalue weighted by atomic mass is 9.93. The molecule has 7 heteroatoms. The van der Waals surface area contributed by atoms with Crippen LogP contribution in [0, 0.1) is 5.92 Å². The highest BCUT2D eigenvalue weighted by molar-refractivity contribution is 7.89. The van der Waals surface area contributed by atoms with Crippen molar-refractivity contribution in [3.05, 3.63) is 126 Å². The largest absolute Gasteiger partial charge is 0.456 e. The van der Waals surface area contributed by atoms with E-state index in [-0.39, 0.29) is 0 Å². The third-order valence-corrected chi connectivity index (χ3v) is 12.6. The summed E-state index contributed by atoms with van der Waals surface area (Å²) in [5.74, 6) is 1.27. The van der Waals surface area contributed by atoms with Gasteiger partial charge in [-0.15, -0.1) is 0 Å². The Labute approximate surface area is 281 Å². The van der Waals surface area contributed by atoms with Crippen molar-refractivity contribution in [2.45, 2.75) is 37.5 Å². The van der Waals surface area contributed by atoms with E-state index in [1.54, 1.807) is 10.4 Å². The molecule has 1 fully saturated rings. The lowest BCUT2D eigenvalue weighted by molar-refractivity contribution is 0.288. The molecule has 48 heavy (non-hydrogen) atoms. The van der Waals surface area contributed by atoms with Crippen LogP contribution in [0.1, 0.15) is 30.9 Å². The third kappa shape index (κ3) is 4.79. The van der Waals surface area contributed by atoms with Crippen LogP contribution in [0.15, 0.2) is 119 Å². The molecule has 0 unspecified atom stereocenters. The fourth-order valence-electron chi connectivity index (χ4n) is 7.97. The van der Waals surface area contributed by atoms with Gasteiger partial charge in [0.25, 0.3) is 0 Å². The summed E-state index contributed by atoms with van der Waals surface area (Å²) in [5.41, 5.74) is 9.42. The summed E-state index contributed by atoms with van der Waals surface area (Å²) < 4.78 is 39.5. The molecule has 6 nitrogen and oxygen atoms in total. The Hall–Kier alpha value is -4.72. The lowest BCUT2D eigenvalue weighted by Crippen LogP contribution is -2.38. The summed E-state index contributed by atoms with van der Waals surface area (Å²) in [6.45, 7) is 5.10. The predicted octanol–water partition coefficient (Wildman–Crippen LogP) is 7.98. The van der Waals surface area contributed by atoms with Crippen molar-refractivity contribution in [2.75, 3.05) is 31.1 Å². The topological polar surface area (TPSA) is 56.8 Å². The van der Waals surface area contributed by atoms with Crippen molar-refractivity contribution in [2.24, 2.45) is 5.92 Å². The second-order valence-corrected chi connectivity index (χ2v) is 15.4. The molecule has 0 amide bonds. The van der Waals surface area contributed by atoms with Gasteiger partial charge in [-0.05, 0) is 61.1 Å². The monoisotopic (exact) mass is 652 g/mol. The number of para-hydroxylation sites is 2. The second-order valence-electron chi connectivity index (χ2n) is 13.5. The third-order valence-electron chi connectivity index (χ3n) is 10.6. The number of piperidine rings is 1. The van der Waals surface area contributed by atoms with Gasteiger partial charge in [0.05, 0.1) is 11.0 Å². The van der Waals surface area contributed by atoms with Crippen molar-refractivity contribution in [1.82, 2.24) is 8.88 Å². The minimum Gasteiger partial charge on any atom is -0.456 e. The van der Waals surface area contributed by atoms with Gasteiger partial charge in [-0.25, -0.2) is 8.42 Å². The number of fused-ring (bicyclic) bond motifs is 4. The minimum absolute atomic E-state index is 0.350. The Kier molecular flexibility index (Phi) is 7.03. The van der Waals surface area contributed by atoms with E-state index in [2.05, 4.69) is 101 Å². The van der Waals surface area contributed by atoms with Crippen LogP contribution in [-0.2, 0) is 22.9 Å². The van der Waals surface area contributed by atoms with Gasteiger partial charge in [-0.3, -0.25) is 0 Å². The number of hydrogen-bond acceptors (Lipinski definition) is 4. The Bertz CT molecular complexity index is 2370. The van der Waals surface area contributed by atoms with E-state index in [0.29, 0.717) is 29.5 Å². The second kappa shape index (κ2) is 11.5.